The topological polar surface area (TPSA) is 67.4 Å². The quantitative estimate of drug-likeness (QED) is 0.637. The molecule has 6 heteroatoms. The molecule has 1 aliphatic heterocycles. The van der Waals surface area contributed by atoms with Crippen LogP contribution in [0.4, 0.5) is 0 Å². The van der Waals surface area contributed by atoms with Gasteiger partial charge in [0.05, 0.1) is 34.7 Å². The molecule has 2 atom stereocenters. The van der Waals surface area contributed by atoms with E-state index >= 15 is 0 Å². The number of hydrogen-bond acceptors (Lipinski definition) is 5. The number of carbonyl (C=O) groups is 1. The van der Waals surface area contributed by atoms with E-state index in [1.165, 1.54) is 0 Å². The van der Waals surface area contributed by atoms with Crippen LogP contribution < -0.4 is 5.32 Å². The van der Waals surface area contributed by atoms with Gasteiger partial charge in [-0.15, -0.1) is 0 Å². The Morgan fingerprint density at radius 2 is 1.87 bits per heavy atom. The maximum atomic E-state index is 13.0. The number of para-hydroxylation sites is 1. The summed E-state index contributed by atoms with van der Waals surface area (Å²) in [4.78, 5) is 24.5. The molecule has 6 nitrogen and oxygen atoms in total. The molecule has 156 valence electrons. The monoisotopic (exact) mass is 404 g/mol. The van der Waals surface area contributed by atoms with Gasteiger partial charge in [-0.25, -0.2) is 4.98 Å². The summed E-state index contributed by atoms with van der Waals surface area (Å²) in [6.45, 7) is 7.70. The Morgan fingerprint density at radius 3 is 2.63 bits per heavy atom. The van der Waals surface area contributed by atoms with Crippen LogP contribution >= 0.6 is 0 Å². The van der Waals surface area contributed by atoms with Crippen LogP contribution in [-0.4, -0.2) is 59.2 Å². The zero-order chi connectivity index (χ0) is 20.9. The number of fused-ring (bicyclic) bond motifs is 1. The minimum absolute atomic E-state index is 0.0745. The number of hydrogen-bond donors (Lipinski definition) is 1. The fraction of sp³-hybridized carbons (Fsp3) is 0.375. The van der Waals surface area contributed by atoms with Crippen molar-refractivity contribution in [2.75, 3.05) is 26.2 Å². The second kappa shape index (κ2) is 9.32. The molecule has 2 aromatic heterocycles. The van der Waals surface area contributed by atoms with Gasteiger partial charge >= 0.3 is 0 Å². The lowest BCUT2D eigenvalue weighted by Crippen LogP contribution is -2.46. The molecule has 3 aromatic rings. The van der Waals surface area contributed by atoms with E-state index in [1.54, 1.807) is 6.20 Å². The number of morpholine rings is 1. The zero-order valence-corrected chi connectivity index (χ0v) is 17.5. The summed E-state index contributed by atoms with van der Waals surface area (Å²) in [6.07, 6.45) is 3.16. The zero-order valence-electron chi connectivity index (χ0n) is 17.5. The highest BCUT2D eigenvalue weighted by atomic mass is 16.5. The molecular weight excluding hydrogens is 376 g/mol. The number of ether oxygens (including phenoxy) is 1. The van der Waals surface area contributed by atoms with E-state index in [2.05, 4.69) is 29.0 Å². The van der Waals surface area contributed by atoms with E-state index in [1.807, 2.05) is 48.5 Å². The fourth-order valence-electron chi connectivity index (χ4n) is 4.08. The molecule has 0 spiro atoms. The van der Waals surface area contributed by atoms with Gasteiger partial charge in [0.2, 0.25) is 0 Å². The number of amides is 1. The number of carbonyl (C=O) groups excluding carboxylic acids is 1. The predicted molar refractivity (Wildman–Crippen MR) is 118 cm³/mol. The molecular formula is C24H28N4O2. The van der Waals surface area contributed by atoms with E-state index in [0.717, 1.165) is 42.7 Å². The lowest BCUT2D eigenvalue weighted by atomic mass is 10.1. The van der Waals surface area contributed by atoms with E-state index in [4.69, 9.17) is 9.72 Å². The van der Waals surface area contributed by atoms with Crippen molar-refractivity contribution in [1.82, 2.24) is 20.2 Å². The highest BCUT2D eigenvalue weighted by Crippen LogP contribution is 2.23. The first-order valence-corrected chi connectivity index (χ1v) is 10.6. The van der Waals surface area contributed by atoms with Crippen LogP contribution in [0.5, 0.6) is 0 Å². The maximum Gasteiger partial charge on any atom is 0.252 e. The van der Waals surface area contributed by atoms with Crippen LogP contribution in [0.3, 0.4) is 0 Å². The molecule has 0 bridgehead atoms. The van der Waals surface area contributed by atoms with Crippen LogP contribution in [0.1, 0.15) is 30.6 Å². The van der Waals surface area contributed by atoms with E-state index < -0.39 is 0 Å². The van der Waals surface area contributed by atoms with Crippen LogP contribution in [0, 0.1) is 0 Å². The molecule has 2 unspecified atom stereocenters. The van der Waals surface area contributed by atoms with Crippen molar-refractivity contribution in [3.8, 4) is 11.4 Å². The summed E-state index contributed by atoms with van der Waals surface area (Å²) in [5, 5.41) is 3.94. The van der Waals surface area contributed by atoms with Gasteiger partial charge in [-0.3, -0.25) is 14.7 Å². The molecule has 0 aliphatic carbocycles. The molecule has 0 radical (unpaired) electrons. The smallest absolute Gasteiger partial charge is 0.252 e. The average molecular weight is 405 g/mol. The third-order valence-electron chi connectivity index (χ3n) is 5.32. The van der Waals surface area contributed by atoms with Gasteiger partial charge < -0.3 is 10.1 Å². The summed E-state index contributed by atoms with van der Waals surface area (Å²) in [5.41, 5.74) is 2.89. The van der Waals surface area contributed by atoms with Crippen molar-refractivity contribution in [3.63, 3.8) is 0 Å². The van der Waals surface area contributed by atoms with Gasteiger partial charge in [0.15, 0.2) is 0 Å². The summed E-state index contributed by atoms with van der Waals surface area (Å²) >= 11 is 0. The largest absolute Gasteiger partial charge is 0.373 e. The van der Waals surface area contributed by atoms with E-state index in [-0.39, 0.29) is 18.1 Å². The highest BCUT2D eigenvalue weighted by molar-refractivity contribution is 6.07. The van der Waals surface area contributed by atoms with Crippen molar-refractivity contribution in [3.05, 3.63) is 60.3 Å². The average Bonchev–Trinajstić information content (AvgIpc) is 2.76. The number of nitrogens with zero attached hydrogens (tertiary/aromatic N) is 3. The van der Waals surface area contributed by atoms with Crippen molar-refractivity contribution in [1.29, 1.82) is 0 Å². The maximum absolute atomic E-state index is 13.0. The fourth-order valence-corrected chi connectivity index (χ4v) is 4.08. The molecule has 1 aliphatic rings. The Labute approximate surface area is 177 Å². The number of pyridine rings is 2. The lowest BCUT2D eigenvalue weighted by Gasteiger charge is -2.35. The minimum Gasteiger partial charge on any atom is -0.373 e. The number of nitrogens with one attached hydrogen (secondary N) is 1. The minimum atomic E-state index is -0.0745. The van der Waals surface area contributed by atoms with Crippen LogP contribution in [-0.2, 0) is 4.74 Å². The Kier molecular flexibility index (Phi) is 6.35. The van der Waals surface area contributed by atoms with Crippen molar-refractivity contribution < 1.29 is 9.53 Å². The number of benzene rings is 1. The first-order valence-electron chi connectivity index (χ1n) is 10.6. The van der Waals surface area contributed by atoms with E-state index in [9.17, 15) is 4.79 Å². The Balaban J connectivity index is 1.45. The highest BCUT2D eigenvalue weighted by Gasteiger charge is 2.21. The predicted octanol–water partition coefficient (Wildman–Crippen LogP) is 3.53. The van der Waals surface area contributed by atoms with E-state index in [0.29, 0.717) is 17.8 Å². The van der Waals surface area contributed by atoms with Gasteiger partial charge in [-0.2, -0.15) is 0 Å². The normalized spacial score (nSPS) is 19.7. The molecule has 1 N–H and O–H groups in total. The van der Waals surface area contributed by atoms with Crippen LogP contribution in [0.2, 0.25) is 0 Å². The molecule has 0 saturated carbocycles. The summed E-state index contributed by atoms with van der Waals surface area (Å²) in [5.74, 6) is -0.0745. The van der Waals surface area contributed by atoms with Gasteiger partial charge in [0.1, 0.15) is 0 Å². The lowest BCUT2D eigenvalue weighted by molar-refractivity contribution is -0.0679. The van der Waals surface area contributed by atoms with Crippen molar-refractivity contribution in [2.24, 2.45) is 0 Å². The standard InChI is InChI=1S/C24H28N4O2/c1-17-15-28(16-18(2)30-17)13-7-12-26-24(29)20-14-23(22-10-5-6-11-25-22)27-21-9-4-3-8-19(20)21/h3-6,8-11,14,17-18H,7,12-13,15-16H2,1-2H3,(H,26,29). The van der Waals surface area contributed by atoms with Crippen LogP contribution in [0.25, 0.3) is 22.3 Å². The number of aromatic nitrogens is 2. The Hall–Kier alpha value is -2.83. The number of rotatable bonds is 6. The molecule has 3 heterocycles. The van der Waals surface area contributed by atoms with Crippen LogP contribution in [0.15, 0.2) is 54.7 Å². The molecule has 30 heavy (non-hydrogen) atoms. The second-order valence-corrected chi connectivity index (χ2v) is 7.91. The van der Waals surface area contributed by atoms with Gasteiger partial charge in [-0.05, 0) is 44.5 Å². The third-order valence-corrected chi connectivity index (χ3v) is 5.32. The molecule has 4 rings (SSSR count). The molecule has 1 amide bonds. The summed E-state index contributed by atoms with van der Waals surface area (Å²) in [7, 11) is 0. The SMILES string of the molecule is CC1CN(CCCNC(=O)c2cc(-c3ccccn3)nc3ccccc23)CC(C)O1. The van der Waals surface area contributed by atoms with Crippen molar-refractivity contribution in [2.45, 2.75) is 32.5 Å². The third kappa shape index (κ3) is 4.83. The first kappa shape index (κ1) is 20.4. The molecule has 1 aromatic carbocycles. The molecule has 1 saturated heterocycles. The van der Waals surface area contributed by atoms with Gasteiger partial charge in [0.25, 0.3) is 5.91 Å². The second-order valence-electron chi connectivity index (χ2n) is 7.91. The van der Waals surface area contributed by atoms with Gasteiger partial charge in [0, 0.05) is 37.8 Å². The first-order chi connectivity index (χ1) is 14.6. The van der Waals surface area contributed by atoms with Gasteiger partial charge in [-0.1, -0.05) is 24.3 Å². The molecule has 1 fully saturated rings. The Bertz CT molecular complexity index is 999. The summed E-state index contributed by atoms with van der Waals surface area (Å²) < 4.78 is 5.78. The summed E-state index contributed by atoms with van der Waals surface area (Å²) in [6, 6.07) is 15.3. The van der Waals surface area contributed by atoms with Crippen molar-refractivity contribution >= 4 is 16.8 Å². The Morgan fingerprint density at radius 1 is 1.10 bits per heavy atom.